The highest BCUT2D eigenvalue weighted by Crippen LogP contribution is 2.21. The number of nitriles is 1. The summed E-state index contributed by atoms with van der Waals surface area (Å²) in [7, 11) is 0. The fourth-order valence-corrected chi connectivity index (χ4v) is 2.10. The maximum Gasteiger partial charge on any atom is 0.195 e. The molecular weight excluding hydrogens is 194 g/mol. The number of aryl methyl sites for hydroxylation is 2. The van der Waals surface area contributed by atoms with Crippen LogP contribution in [0.5, 0.6) is 0 Å². The first-order chi connectivity index (χ1) is 6.72. The molecule has 0 fully saturated rings. The van der Waals surface area contributed by atoms with E-state index in [-0.39, 0.29) is 0 Å². The molecule has 0 radical (unpaired) electrons. The lowest BCUT2D eigenvalue weighted by molar-refractivity contribution is 1.01. The zero-order valence-corrected chi connectivity index (χ0v) is 8.80. The quantitative estimate of drug-likeness (QED) is 0.714. The summed E-state index contributed by atoms with van der Waals surface area (Å²) in [5, 5.41) is 9.71. The Morgan fingerprint density at radius 2 is 2.29 bits per heavy atom. The lowest BCUT2D eigenvalue weighted by Gasteiger charge is -1.96. The summed E-state index contributed by atoms with van der Waals surface area (Å²) in [6.45, 7) is 4.01. The van der Waals surface area contributed by atoms with Crippen LogP contribution in [0.25, 0.3) is 5.13 Å². The number of aromatic nitrogens is 2. The fourth-order valence-electron chi connectivity index (χ4n) is 1.20. The van der Waals surface area contributed by atoms with Crippen molar-refractivity contribution in [1.29, 1.82) is 5.26 Å². The van der Waals surface area contributed by atoms with Crippen molar-refractivity contribution in [2.24, 2.45) is 0 Å². The fraction of sp³-hybridized carbons (Fsp3) is 0.200. The predicted molar refractivity (Wildman–Crippen MR) is 55.6 cm³/mol. The molecule has 2 rings (SSSR count). The average molecular weight is 203 g/mol. The van der Waals surface area contributed by atoms with Gasteiger partial charge in [-0.25, -0.2) is 4.98 Å². The second kappa shape index (κ2) is 3.28. The minimum atomic E-state index is 0.624. The maximum absolute atomic E-state index is 8.85. The molecule has 0 atom stereocenters. The third kappa shape index (κ3) is 1.32. The Balaban J connectivity index is 2.55. The Hall–Kier alpha value is -1.60. The first-order valence-corrected chi connectivity index (χ1v) is 5.06. The van der Waals surface area contributed by atoms with Crippen LogP contribution in [0.3, 0.4) is 0 Å². The molecule has 0 unspecified atom stereocenters. The zero-order chi connectivity index (χ0) is 10.1. The van der Waals surface area contributed by atoms with E-state index < -0.39 is 0 Å². The normalized spacial score (nSPS) is 10.1. The van der Waals surface area contributed by atoms with Crippen LogP contribution in [-0.4, -0.2) is 9.55 Å². The average Bonchev–Trinajstić information content (AvgIpc) is 2.73. The third-order valence-corrected chi connectivity index (χ3v) is 3.16. The second-order valence-corrected chi connectivity index (χ2v) is 4.19. The van der Waals surface area contributed by atoms with Crippen LogP contribution in [0.4, 0.5) is 0 Å². The highest BCUT2D eigenvalue weighted by Gasteiger charge is 2.07. The standard InChI is InChI=1S/C10H9N3S/c1-7-8(2)14-10(12-7)13-5-3-4-9(13)6-11/h3-5H,1-2H3. The van der Waals surface area contributed by atoms with Crippen LogP contribution in [-0.2, 0) is 0 Å². The third-order valence-electron chi connectivity index (χ3n) is 2.09. The summed E-state index contributed by atoms with van der Waals surface area (Å²) in [6.07, 6.45) is 1.86. The number of thiazole rings is 1. The topological polar surface area (TPSA) is 41.6 Å². The molecule has 14 heavy (non-hydrogen) atoms. The summed E-state index contributed by atoms with van der Waals surface area (Å²) in [6, 6.07) is 5.77. The van der Waals surface area contributed by atoms with Gasteiger partial charge < -0.3 is 0 Å². The minimum Gasteiger partial charge on any atom is -0.284 e. The molecule has 4 heteroatoms. The van der Waals surface area contributed by atoms with Gasteiger partial charge in [-0.05, 0) is 26.0 Å². The van der Waals surface area contributed by atoms with Gasteiger partial charge in [0, 0.05) is 11.1 Å². The van der Waals surface area contributed by atoms with Gasteiger partial charge in [-0.1, -0.05) is 0 Å². The van der Waals surface area contributed by atoms with Crippen LogP contribution >= 0.6 is 11.3 Å². The van der Waals surface area contributed by atoms with Crippen LogP contribution in [0.1, 0.15) is 16.3 Å². The molecular formula is C10H9N3S. The molecule has 0 saturated heterocycles. The maximum atomic E-state index is 8.85. The number of hydrogen-bond acceptors (Lipinski definition) is 3. The van der Waals surface area contributed by atoms with Crippen molar-refractivity contribution < 1.29 is 0 Å². The van der Waals surface area contributed by atoms with Gasteiger partial charge in [-0.15, -0.1) is 11.3 Å². The van der Waals surface area contributed by atoms with E-state index in [2.05, 4.69) is 11.1 Å². The Morgan fingerprint density at radius 3 is 2.86 bits per heavy atom. The van der Waals surface area contributed by atoms with E-state index in [0.717, 1.165) is 10.8 Å². The summed E-state index contributed by atoms with van der Waals surface area (Å²) >= 11 is 1.60. The molecule has 0 spiro atoms. The van der Waals surface area contributed by atoms with E-state index in [9.17, 15) is 0 Å². The Morgan fingerprint density at radius 1 is 1.50 bits per heavy atom. The van der Waals surface area contributed by atoms with Crippen LogP contribution in [0.15, 0.2) is 18.3 Å². The van der Waals surface area contributed by atoms with Gasteiger partial charge in [0.1, 0.15) is 11.8 Å². The van der Waals surface area contributed by atoms with Crippen LogP contribution in [0, 0.1) is 25.2 Å². The molecule has 2 heterocycles. The molecule has 0 bridgehead atoms. The van der Waals surface area contributed by atoms with Crippen LogP contribution in [0.2, 0.25) is 0 Å². The van der Waals surface area contributed by atoms with Crippen molar-refractivity contribution in [2.45, 2.75) is 13.8 Å². The molecule has 3 nitrogen and oxygen atoms in total. The van der Waals surface area contributed by atoms with Gasteiger partial charge in [0.25, 0.3) is 0 Å². The Bertz CT molecular complexity index is 482. The molecule has 0 aliphatic heterocycles. The predicted octanol–water partition coefficient (Wildman–Crippen LogP) is 2.42. The lowest BCUT2D eigenvalue weighted by Crippen LogP contribution is -1.93. The molecule has 0 amide bonds. The molecule has 0 aliphatic carbocycles. The molecule has 0 aliphatic rings. The Kier molecular flexibility index (Phi) is 2.10. The largest absolute Gasteiger partial charge is 0.284 e. The summed E-state index contributed by atoms with van der Waals surface area (Å²) in [5.74, 6) is 0. The van der Waals surface area contributed by atoms with E-state index in [1.165, 1.54) is 4.88 Å². The van der Waals surface area contributed by atoms with Crippen molar-refractivity contribution in [3.05, 3.63) is 34.6 Å². The number of rotatable bonds is 1. The van der Waals surface area contributed by atoms with Gasteiger partial charge in [-0.2, -0.15) is 5.26 Å². The van der Waals surface area contributed by atoms with E-state index in [0.29, 0.717) is 5.69 Å². The first kappa shape index (κ1) is 8.97. The molecule has 70 valence electrons. The van der Waals surface area contributed by atoms with Gasteiger partial charge in [-0.3, -0.25) is 4.57 Å². The van der Waals surface area contributed by atoms with Crippen molar-refractivity contribution in [2.75, 3.05) is 0 Å². The molecule has 2 aromatic rings. The second-order valence-electron chi connectivity index (χ2n) is 3.01. The van der Waals surface area contributed by atoms with Gasteiger partial charge >= 0.3 is 0 Å². The Labute approximate surface area is 86.3 Å². The zero-order valence-electron chi connectivity index (χ0n) is 7.98. The molecule has 0 aromatic carbocycles. The summed E-state index contributed by atoms with van der Waals surface area (Å²) in [5.41, 5.74) is 1.65. The highest BCUT2D eigenvalue weighted by atomic mass is 32.1. The van der Waals surface area contributed by atoms with E-state index >= 15 is 0 Å². The van der Waals surface area contributed by atoms with Gasteiger partial charge in [0.05, 0.1) is 5.69 Å². The molecule has 0 saturated carbocycles. The van der Waals surface area contributed by atoms with Crippen molar-refractivity contribution in [3.8, 4) is 11.2 Å². The van der Waals surface area contributed by atoms with Crippen molar-refractivity contribution in [1.82, 2.24) is 9.55 Å². The van der Waals surface area contributed by atoms with Gasteiger partial charge in [0.15, 0.2) is 5.13 Å². The molecule has 0 N–H and O–H groups in total. The first-order valence-electron chi connectivity index (χ1n) is 4.24. The smallest absolute Gasteiger partial charge is 0.195 e. The highest BCUT2D eigenvalue weighted by molar-refractivity contribution is 7.14. The van der Waals surface area contributed by atoms with E-state index in [1.54, 1.807) is 17.4 Å². The monoisotopic (exact) mass is 203 g/mol. The van der Waals surface area contributed by atoms with E-state index in [4.69, 9.17) is 5.26 Å². The number of nitrogens with zero attached hydrogens (tertiary/aromatic N) is 3. The molecule has 2 aromatic heterocycles. The summed E-state index contributed by atoms with van der Waals surface area (Å²) in [4.78, 5) is 5.58. The number of hydrogen-bond donors (Lipinski definition) is 0. The van der Waals surface area contributed by atoms with E-state index in [1.807, 2.05) is 30.7 Å². The van der Waals surface area contributed by atoms with Crippen molar-refractivity contribution in [3.63, 3.8) is 0 Å². The minimum absolute atomic E-state index is 0.624. The SMILES string of the molecule is Cc1nc(-n2cccc2C#N)sc1C. The van der Waals surface area contributed by atoms with Crippen molar-refractivity contribution >= 4 is 11.3 Å². The van der Waals surface area contributed by atoms with Crippen LogP contribution < -0.4 is 0 Å². The van der Waals surface area contributed by atoms with Gasteiger partial charge in [0.2, 0.25) is 0 Å². The lowest BCUT2D eigenvalue weighted by atomic mass is 10.4. The summed E-state index contributed by atoms with van der Waals surface area (Å²) < 4.78 is 1.81.